The summed E-state index contributed by atoms with van der Waals surface area (Å²) in [6.07, 6.45) is 6.40. The molecule has 2 atom stereocenters. The molecule has 0 saturated carbocycles. The van der Waals surface area contributed by atoms with Crippen LogP contribution >= 0.6 is 0 Å². The van der Waals surface area contributed by atoms with E-state index >= 15 is 0 Å². The fourth-order valence-electron chi connectivity index (χ4n) is 6.34. The highest BCUT2D eigenvalue weighted by Crippen LogP contribution is 2.37. The lowest BCUT2D eigenvalue weighted by Gasteiger charge is -2.36. The van der Waals surface area contributed by atoms with Crippen LogP contribution in [0.15, 0.2) is 79.3 Å². The quantitative estimate of drug-likeness (QED) is 0.311. The Hall–Kier alpha value is -4.92. The summed E-state index contributed by atoms with van der Waals surface area (Å²) in [5.41, 5.74) is 11.3. The van der Waals surface area contributed by atoms with Gasteiger partial charge in [-0.3, -0.25) is 4.79 Å². The van der Waals surface area contributed by atoms with Crippen LogP contribution in [0.4, 0.5) is 10.5 Å². The van der Waals surface area contributed by atoms with Crippen molar-refractivity contribution in [1.29, 1.82) is 0 Å². The summed E-state index contributed by atoms with van der Waals surface area (Å²) in [6, 6.07) is 20.4. The number of piperazine rings is 1. The molecule has 2 N–H and O–H groups in total. The highest BCUT2D eigenvalue weighted by Gasteiger charge is 2.46. The molecule has 2 bridgehead atoms. The second kappa shape index (κ2) is 9.58. The molecular weight excluding hydrogens is 528 g/mol. The molecule has 7 rings (SSSR count). The van der Waals surface area contributed by atoms with Crippen molar-refractivity contribution in [2.24, 2.45) is 5.73 Å². The molecule has 2 saturated heterocycles. The molecule has 3 aromatic carbocycles. The highest BCUT2D eigenvalue weighted by atomic mass is 16.6. The average Bonchev–Trinajstić information content (AvgIpc) is 3.70. The van der Waals surface area contributed by atoms with Gasteiger partial charge >= 0.3 is 6.09 Å². The van der Waals surface area contributed by atoms with Crippen LogP contribution in [-0.2, 0) is 4.74 Å². The van der Waals surface area contributed by atoms with Crippen molar-refractivity contribution in [2.45, 2.75) is 44.9 Å². The number of amides is 2. The first-order chi connectivity index (χ1) is 20.2. The zero-order valence-electron chi connectivity index (χ0n) is 23.8. The largest absolute Gasteiger partial charge is 0.444 e. The van der Waals surface area contributed by atoms with Crippen molar-refractivity contribution in [2.75, 3.05) is 18.0 Å². The Morgan fingerprint density at radius 2 is 1.64 bits per heavy atom. The van der Waals surface area contributed by atoms with Gasteiger partial charge in [0.1, 0.15) is 5.60 Å². The van der Waals surface area contributed by atoms with Crippen LogP contribution in [0.25, 0.3) is 38.7 Å². The van der Waals surface area contributed by atoms with Crippen LogP contribution in [0.3, 0.4) is 0 Å². The van der Waals surface area contributed by atoms with Crippen LogP contribution in [0.2, 0.25) is 0 Å². The molecule has 5 aromatic rings. The summed E-state index contributed by atoms with van der Waals surface area (Å²) in [5, 5.41) is 6.34. The van der Waals surface area contributed by atoms with E-state index in [1.54, 1.807) is 10.6 Å². The van der Waals surface area contributed by atoms with E-state index in [1.807, 2.05) is 74.6 Å². The van der Waals surface area contributed by atoms with E-state index in [1.165, 1.54) is 0 Å². The minimum atomic E-state index is -0.490. The Bertz CT molecular complexity index is 1860. The van der Waals surface area contributed by atoms with Gasteiger partial charge in [0.15, 0.2) is 5.65 Å². The zero-order valence-corrected chi connectivity index (χ0v) is 23.8. The first-order valence-corrected chi connectivity index (χ1v) is 14.2. The molecule has 2 aliphatic heterocycles. The number of ether oxygens (including phenoxy) is 1. The molecular formula is C33H32N6O3. The second-order valence-corrected chi connectivity index (χ2v) is 12.1. The average molecular weight is 561 g/mol. The number of nitrogens with zero attached hydrogens (tertiary/aromatic N) is 5. The fourth-order valence-corrected chi connectivity index (χ4v) is 6.34. The number of carbonyl (C=O) groups excluding carboxylic acids is 2. The van der Waals surface area contributed by atoms with Crippen molar-refractivity contribution in [3.8, 4) is 22.3 Å². The molecule has 9 heteroatoms. The second-order valence-electron chi connectivity index (χ2n) is 12.1. The number of hydrogen-bond acceptors (Lipinski definition) is 6. The molecule has 2 aromatic heterocycles. The molecule has 2 unspecified atom stereocenters. The summed E-state index contributed by atoms with van der Waals surface area (Å²) in [7, 11) is 0. The van der Waals surface area contributed by atoms with Gasteiger partial charge in [-0.25, -0.2) is 14.3 Å². The normalized spacial score (nSPS) is 18.3. The first kappa shape index (κ1) is 26.0. The molecule has 9 nitrogen and oxygen atoms in total. The lowest BCUT2D eigenvalue weighted by atomic mass is 9.96. The number of likely N-dealkylation sites (tertiary alicyclic amines) is 1. The number of hydrogen-bond donors (Lipinski definition) is 1. The first-order valence-electron chi connectivity index (χ1n) is 14.2. The lowest BCUT2D eigenvalue weighted by molar-refractivity contribution is 0.0214. The lowest BCUT2D eigenvalue weighted by Crippen LogP contribution is -2.50. The van der Waals surface area contributed by atoms with Gasteiger partial charge in [0.2, 0.25) is 5.91 Å². The molecule has 2 fully saturated rings. The van der Waals surface area contributed by atoms with E-state index in [2.05, 4.69) is 34.3 Å². The van der Waals surface area contributed by atoms with Gasteiger partial charge in [-0.05, 0) is 67.3 Å². The van der Waals surface area contributed by atoms with Crippen molar-refractivity contribution in [3.05, 3.63) is 84.8 Å². The predicted molar refractivity (Wildman–Crippen MR) is 162 cm³/mol. The molecule has 0 radical (unpaired) electrons. The third kappa shape index (κ3) is 4.41. The Balaban J connectivity index is 1.12. The maximum Gasteiger partial charge on any atom is 0.410 e. The molecule has 212 valence electrons. The minimum absolute atomic E-state index is 0.175. The van der Waals surface area contributed by atoms with Crippen LogP contribution in [0.5, 0.6) is 0 Å². The number of rotatable bonds is 4. The molecule has 42 heavy (non-hydrogen) atoms. The van der Waals surface area contributed by atoms with Gasteiger partial charge in [-0.2, -0.15) is 5.10 Å². The molecule has 0 aliphatic carbocycles. The van der Waals surface area contributed by atoms with Gasteiger partial charge in [0.05, 0.1) is 12.2 Å². The number of benzene rings is 3. The van der Waals surface area contributed by atoms with Crippen molar-refractivity contribution in [1.82, 2.24) is 19.5 Å². The molecule has 2 aliphatic rings. The van der Waals surface area contributed by atoms with Crippen LogP contribution in [0, 0.1) is 0 Å². The standard InChI is InChI=1S/C33H32N6O3/c1-33(2,3)42-32(41)38-19-23-14-24(38)18-37(23)22-10-8-20(9-11-22)21-15-35-31-29(16-36-39(31)17-21)27-12-13-28(30(34)40)26-7-5-4-6-25(26)27/h4-13,15-17,23-24H,14,18-19H2,1-3H3,(H2,34,40). The number of primary amides is 1. The third-order valence-corrected chi connectivity index (χ3v) is 8.24. The van der Waals surface area contributed by atoms with Crippen LogP contribution in [-0.4, -0.2) is 62.3 Å². The van der Waals surface area contributed by atoms with Gasteiger partial charge in [-0.15, -0.1) is 0 Å². The Kier molecular flexibility index (Phi) is 5.93. The van der Waals surface area contributed by atoms with E-state index in [0.717, 1.165) is 57.3 Å². The van der Waals surface area contributed by atoms with E-state index in [0.29, 0.717) is 18.2 Å². The third-order valence-electron chi connectivity index (χ3n) is 8.24. The molecule has 2 amide bonds. The predicted octanol–water partition coefficient (Wildman–Crippen LogP) is 5.51. The van der Waals surface area contributed by atoms with E-state index < -0.39 is 11.5 Å². The van der Waals surface area contributed by atoms with E-state index in [4.69, 9.17) is 15.5 Å². The number of nitrogens with two attached hydrogens (primary N) is 1. The Labute approximate surface area is 243 Å². The summed E-state index contributed by atoms with van der Waals surface area (Å²) in [6.45, 7) is 7.20. The molecule has 0 spiro atoms. The monoisotopic (exact) mass is 560 g/mol. The summed E-state index contributed by atoms with van der Waals surface area (Å²) >= 11 is 0. The van der Waals surface area contributed by atoms with Gasteiger partial charge in [0, 0.05) is 53.9 Å². The summed E-state index contributed by atoms with van der Waals surface area (Å²) in [4.78, 5) is 33.7. The number of anilines is 1. The zero-order chi connectivity index (χ0) is 29.2. The summed E-state index contributed by atoms with van der Waals surface area (Å²) < 4.78 is 7.40. The van der Waals surface area contributed by atoms with Gasteiger partial charge < -0.3 is 20.3 Å². The summed E-state index contributed by atoms with van der Waals surface area (Å²) in [5.74, 6) is -0.452. The topological polar surface area (TPSA) is 106 Å². The fraction of sp³-hybridized carbons (Fsp3) is 0.273. The SMILES string of the molecule is CC(C)(C)OC(=O)N1CC2CC1CN2c1ccc(-c2cnc3c(-c4ccc(C(N)=O)c5ccccc45)cnn3c2)cc1. The maximum atomic E-state index is 12.6. The smallest absolute Gasteiger partial charge is 0.410 e. The number of carbonyl (C=O) groups is 2. The Morgan fingerprint density at radius 3 is 2.33 bits per heavy atom. The van der Waals surface area contributed by atoms with Gasteiger partial charge in [-0.1, -0.05) is 42.5 Å². The number of fused-ring (bicyclic) bond motifs is 4. The van der Waals surface area contributed by atoms with Gasteiger partial charge in [0.25, 0.3) is 0 Å². The number of aromatic nitrogens is 3. The van der Waals surface area contributed by atoms with E-state index in [-0.39, 0.29) is 12.1 Å². The van der Waals surface area contributed by atoms with Crippen LogP contribution < -0.4 is 10.6 Å². The maximum absolute atomic E-state index is 12.6. The van der Waals surface area contributed by atoms with Crippen LogP contribution in [0.1, 0.15) is 37.6 Å². The van der Waals surface area contributed by atoms with Crippen molar-refractivity contribution in [3.63, 3.8) is 0 Å². The van der Waals surface area contributed by atoms with E-state index in [9.17, 15) is 9.59 Å². The van der Waals surface area contributed by atoms with Crippen molar-refractivity contribution < 1.29 is 14.3 Å². The highest BCUT2D eigenvalue weighted by molar-refractivity contribution is 6.11. The minimum Gasteiger partial charge on any atom is -0.444 e. The molecule has 4 heterocycles. The van der Waals surface area contributed by atoms with Crippen molar-refractivity contribution >= 4 is 34.1 Å². The Morgan fingerprint density at radius 1 is 0.881 bits per heavy atom.